The highest BCUT2D eigenvalue weighted by molar-refractivity contribution is 6.04. The topological polar surface area (TPSA) is 84.2 Å². The van der Waals surface area contributed by atoms with Crippen LogP contribution >= 0.6 is 0 Å². The number of furan rings is 1. The first-order valence-electron chi connectivity index (χ1n) is 12.2. The maximum atomic E-state index is 12.8. The van der Waals surface area contributed by atoms with Crippen molar-refractivity contribution < 1.29 is 23.8 Å². The van der Waals surface area contributed by atoms with Crippen LogP contribution in [0, 0.1) is 6.92 Å². The van der Waals surface area contributed by atoms with Gasteiger partial charge in [-0.2, -0.15) is 0 Å². The smallest absolute Gasteiger partial charge is 0.291 e. The molecule has 0 saturated carbocycles. The Bertz CT molecular complexity index is 1430. The zero-order valence-corrected chi connectivity index (χ0v) is 20.1. The van der Waals surface area contributed by atoms with Crippen LogP contribution in [0.1, 0.15) is 40.1 Å². The summed E-state index contributed by atoms with van der Waals surface area (Å²) < 4.78 is 16.5. The SMILES string of the molecule is Cc1cccc(CN2CCC(O)(c3ccc4oc(C(=O)Nc5ccc6c(c5)OCO6)cc4c3)CC2)c1. The molecule has 1 aromatic heterocycles. The van der Waals surface area contributed by atoms with E-state index in [1.165, 1.54) is 11.1 Å². The number of fused-ring (bicyclic) bond motifs is 2. The van der Waals surface area contributed by atoms with Gasteiger partial charge in [-0.25, -0.2) is 0 Å². The fraction of sp³-hybridized carbons (Fsp3) is 0.276. The first-order chi connectivity index (χ1) is 17.4. The Labute approximate surface area is 209 Å². The number of nitrogens with one attached hydrogen (secondary N) is 1. The molecule has 3 heterocycles. The van der Waals surface area contributed by atoms with E-state index in [0.29, 0.717) is 35.6 Å². The Morgan fingerprint density at radius 1 is 1.00 bits per heavy atom. The average Bonchev–Trinajstić information content (AvgIpc) is 3.52. The summed E-state index contributed by atoms with van der Waals surface area (Å²) >= 11 is 0. The van der Waals surface area contributed by atoms with Crippen LogP contribution in [0.15, 0.2) is 71.1 Å². The molecular weight excluding hydrogens is 456 g/mol. The van der Waals surface area contributed by atoms with Gasteiger partial charge in [-0.15, -0.1) is 0 Å². The molecule has 4 aromatic rings. The number of anilines is 1. The normalized spacial score (nSPS) is 16.8. The van der Waals surface area contributed by atoms with Gasteiger partial charge < -0.3 is 24.3 Å². The average molecular weight is 485 g/mol. The van der Waals surface area contributed by atoms with Crippen LogP contribution in [0.4, 0.5) is 5.69 Å². The number of hydrogen-bond acceptors (Lipinski definition) is 6. The van der Waals surface area contributed by atoms with Gasteiger partial charge in [-0.3, -0.25) is 9.69 Å². The zero-order valence-electron chi connectivity index (χ0n) is 20.1. The zero-order chi connectivity index (χ0) is 24.7. The number of piperidine rings is 1. The molecule has 184 valence electrons. The predicted octanol–water partition coefficient (Wildman–Crippen LogP) is 5.21. The Balaban J connectivity index is 1.14. The van der Waals surface area contributed by atoms with Crippen LogP contribution in [0.2, 0.25) is 0 Å². The Kier molecular flexibility index (Phi) is 5.66. The fourth-order valence-electron chi connectivity index (χ4n) is 5.05. The summed E-state index contributed by atoms with van der Waals surface area (Å²) in [6.45, 7) is 4.81. The Morgan fingerprint density at radius 3 is 2.67 bits per heavy atom. The number of rotatable bonds is 5. The van der Waals surface area contributed by atoms with E-state index >= 15 is 0 Å². The molecule has 3 aromatic carbocycles. The minimum atomic E-state index is -0.899. The van der Waals surface area contributed by atoms with Crippen molar-refractivity contribution in [2.45, 2.75) is 31.9 Å². The second kappa shape index (κ2) is 9.00. The number of amides is 1. The number of carbonyl (C=O) groups is 1. The molecule has 7 nitrogen and oxygen atoms in total. The monoisotopic (exact) mass is 484 g/mol. The summed E-state index contributed by atoms with van der Waals surface area (Å²) in [5, 5.41) is 15.1. The molecule has 36 heavy (non-hydrogen) atoms. The number of likely N-dealkylation sites (tertiary alicyclic amines) is 1. The molecule has 2 aliphatic heterocycles. The van der Waals surface area contributed by atoms with Gasteiger partial charge in [-0.1, -0.05) is 35.9 Å². The van der Waals surface area contributed by atoms with Crippen molar-refractivity contribution in [2.24, 2.45) is 0 Å². The van der Waals surface area contributed by atoms with Crippen LogP contribution in [-0.2, 0) is 12.1 Å². The number of benzene rings is 3. The summed E-state index contributed by atoms with van der Waals surface area (Å²) in [4.78, 5) is 15.2. The predicted molar refractivity (Wildman–Crippen MR) is 136 cm³/mol. The third-order valence-electron chi connectivity index (χ3n) is 7.08. The fourth-order valence-corrected chi connectivity index (χ4v) is 5.05. The van der Waals surface area contributed by atoms with Gasteiger partial charge in [0.25, 0.3) is 5.91 Å². The molecule has 0 aliphatic carbocycles. The molecule has 0 spiro atoms. The third-order valence-corrected chi connectivity index (χ3v) is 7.08. The molecule has 2 N–H and O–H groups in total. The van der Waals surface area contributed by atoms with Gasteiger partial charge >= 0.3 is 0 Å². The van der Waals surface area contributed by atoms with Gasteiger partial charge in [0.2, 0.25) is 6.79 Å². The van der Waals surface area contributed by atoms with Gasteiger partial charge in [-0.05, 0) is 61.2 Å². The van der Waals surface area contributed by atoms with Gasteiger partial charge in [0.1, 0.15) is 5.58 Å². The van der Waals surface area contributed by atoms with Crippen LogP contribution in [0.25, 0.3) is 11.0 Å². The third kappa shape index (κ3) is 4.43. The lowest BCUT2D eigenvalue weighted by Gasteiger charge is -2.38. The van der Waals surface area contributed by atoms with Gasteiger partial charge in [0.05, 0.1) is 5.60 Å². The molecule has 1 saturated heterocycles. The van der Waals surface area contributed by atoms with Crippen molar-refractivity contribution in [3.05, 3.63) is 89.2 Å². The first kappa shape index (κ1) is 22.6. The molecule has 7 heteroatoms. The van der Waals surface area contributed by atoms with Crippen molar-refractivity contribution in [3.63, 3.8) is 0 Å². The van der Waals surface area contributed by atoms with Crippen LogP contribution in [0.5, 0.6) is 11.5 Å². The molecule has 0 radical (unpaired) electrons. The first-order valence-corrected chi connectivity index (χ1v) is 12.2. The largest absolute Gasteiger partial charge is 0.454 e. The van der Waals surface area contributed by atoms with E-state index < -0.39 is 5.60 Å². The van der Waals surface area contributed by atoms with Crippen LogP contribution < -0.4 is 14.8 Å². The van der Waals surface area contributed by atoms with E-state index in [0.717, 1.165) is 30.6 Å². The standard InChI is InChI=1S/C29H28N2O5/c1-19-3-2-4-20(13-19)17-31-11-9-29(33,10-12-31)22-5-7-24-21(14-22)15-27(36-24)28(32)30-23-6-8-25-26(16-23)35-18-34-25/h2-8,13-16,33H,9-12,17-18H2,1H3,(H,30,32). The maximum Gasteiger partial charge on any atom is 0.291 e. The molecule has 6 rings (SSSR count). The Morgan fingerprint density at radius 2 is 1.83 bits per heavy atom. The highest BCUT2D eigenvalue weighted by Crippen LogP contribution is 2.36. The molecule has 1 fully saturated rings. The highest BCUT2D eigenvalue weighted by atomic mass is 16.7. The van der Waals surface area contributed by atoms with Gasteiger partial charge in [0.15, 0.2) is 17.3 Å². The minimum absolute atomic E-state index is 0.176. The van der Waals surface area contributed by atoms with Crippen LogP contribution in [0.3, 0.4) is 0 Å². The van der Waals surface area contributed by atoms with E-state index in [1.54, 1.807) is 24.3 Å². The molecule has 1 amide bonds. The summed E-state index contributed by atoms with van der Waals surface area (Å²) in [5.74, 6) is 1.11. The molecule has 0 atom stereocenters. The minimum Gasteiger partial charge on any atom is -0.454 e. The second-order valence-corrected chi connectivity index (χ2v) is 9.68. The van der Waals surface area contributed by atoms with Crippen molar-refractivity contribution in [1.29, 1.82) is 0 Å². The van der Waals surface area contributed by atoms with Crippen LogP contribution in [-0.4, -0.2) is 35.8 Å². The summed E-state index contributed by atoms with van der Waals surface area (Å²) in [6.07, 6.45) is 1.30. The lowest BCUT2D eigenvalue weighted by molar-refractivity contribution is -0.0276. The van der Waals surface area contributed by atoms with E-state index in [-0.39, 0.29) is 18.5 Å². The summed E-state index contributed by atoms with van der Waals surface area (Å²) in [6, 6.07) is 21.2. The van der Waals surface area contributed by atoms with E-state index in [2.05, 4.69) is 41.4 Å². The number of nitrogens with zero attached hydrogens (tertiary/aromatic N) is 1. The van der Waals surface area contributed by atoms with Crippen molar-refractivity contribution in [3.8, 4) is 11.5 Å². The number of aryl methyl sites for hydroxylation is 1. The molecule has 0 bridgehead atoms. The second-order valence-electron chi connectivity index (χ2n) is 9.68. The van der Waals surface area contributed by atoms with Gasteiger partial charge in [0, 0.05) is 36.8 Å². The van der Waals surface area contributed by atoms with E-state index in [4.69, 9.17) is 13.9 Å². The highest BCUT2D eigenvalue weighted by Gasteiger charge is 2.34. The summed E-state index contributed by atoms with van der Waals surface area (Å²) in [7, 11) is 0. The van der Waals surface area contributed by atoms with E-state index in [1.807, 2.05) is 18.2 Å². The summed E-state index contributed by atoms with van der Waals surface area (Å²) in [5.41, 5.74) is 3.72. The molecule has 2 aliphatic rings. The molecule has 0 unspecified atom stereocenters. The maximum absolute atomic E-state index is 12.8. The van der Waals surface area contributed by atoms with Crippen molar-refractivity contribution in [2.75, 3.05) is 25.2 Å². The number of carbonyl (C=O) groups excluding carboxylic acids is 1. The number of hydrogen-bond donors (Lipinski definition) is 2. The lowest BCUT2D eigenvalue weighted by Crippen LogP contribution is -2.42. The Hall–Kier alpha value is -3.81. The number of aliphatic hydroxyl groups is 1. The number of ether oxygens (including phenoxy) is 2. The van der Waals surface area contributed by atoms with Crippen molar-refractivity contribution >= 4 is 22.6 Å². The molecular formula is C29H28N2O5. The lowest BCUT2D eigenvalue weighted by atomic mass is 9.84. The van der Waals surface area contributed by atoms with Crippen molar-refractivity contribution in [1.82, 2.24) is 4.90 Å². The van der Waals surface area contributed by atoms with E-state index in [9.17, 15) is 9.90 Å². The quantitative estimate of drug-likeness (QED) is 0.405.